The average molecular weight is 317 g/mol. The lowest BCUT2D eigenvalue weighted by Gasteiger charge is -2.56. The van der Waals surface area contributed by atoms with E-state index in [1.807, 2.05) is 23.3 Å². The first kappa shape index (κ1) is 14.7. The Morgan fingerprint density at radius 2 is 1.68 bits per heavy atom. The summed E-state index contributed by atoms with van der Waals surface area (Å²) in [7, 11) is 2.02. The van der Waals surface area contributed by atoms with E-state index in [9.17, 15) is 4.79 Å². The molecule has 0 radical (unpaired) electrons. The monoisotopic (exact) mass is 317 g/mol. The fourth-order valence-electron chi connectivity index (χ4n) is 5.78. The normalized spacial score (nSPS) is 35.8. The quantitative estimate of drug-likeness (QED) is 0.801. The molecular weight excluding hydrogens is 290 g/mol. The molecule has 2 nitrogen and oxygen atoms in total. The van der Waals surface area contributed by atoms with E-state index in [-0.39, 0.29) is 5.41 Å². The predicted octanol–water partition coefficient (Wildman–Crippen LogP) is 4.49. The van der Waals surface area contributed by atoms with Crippen molar-refractivity contribution in [3.63, 3.8) is 0 Å². The maximum Gasteiger partial charge on any atom is 0.228 e. The second-order valence-electron chi connectivity index (χ2n) is 8.08. The fourth-order valence-corrected chi connectivity index (χ4v) is 6.79. The molecule has 4 bridgehead atoms. The third-order valence-corrected chi connectivity index (χ3v) is 7.51. The van der Waals surface area contributed by atoms with Gasteiger partial charge in [-0.15, -0.1) is 11.3 Å². The van der Waals surface area contributed by atoms with E-state index in [1.54, 1.807) is 0 Å². The van der Waals surface area contributed by atoms with Crippen molar-refractivity contribution in [2.24, 2.45) is 23.2 Å². The van der Waals surface area contributed by atoms with Gasteiger partial charge in [-0.2, -0.15) is 0 Å². The van der Waals surface area contributed by atoms with Gasteiger partial charge < -0.3 is 4.90 Å². The number of nitrogens with zero attached hydrogens (tertiary/aromatic N) is 1. The largest absolute Gasteiger partial charge is 0.340 e. The van der Waals surface area contributed by atoms with E-state index < -0.39 is 0 Å². The lowest BCUT2D eigenvalue weighted by molar-refractivity contribution is -0.156. The van der Waals surface area contributed by atoms with Gasteiger partial charge in [0.15, 0.2) is 0 Å². The molecule has 0 unspecified atom stereocenters. The number of rotatable bonds is 4. The van der Waals surface area contributed by atoms with Gasteiger partial charge in [-0.3, -0.25) is 4.79 Å². The van der Waals surface area contributed by atoms with Gasteiger partial charge in [-0.1, -0.05) is 6.92 Å². The van der Waals surface area contributed by atoms with Crippen LogP contribution < -0.4 is 0 Å². The second kappa shape index (κ2) is 5.36. The summed E-state index contributed by atoms with van der Waals surface area (Å²) in [5.74, 6) is 2.98. The molecule has 0 aromatic carbocycles. The van der Waals surface area contributed by atoms with Crippen molar-refractivity contribution in [2.75, 3.05) is 7.05 Å². The molecule has 22 heavy (non-hydrogen) atoms. The Labute approximate surface area is 137 Å². The van der Waals surface area contributed by atoms with Gasteiger partial charge in [-0.05, 0) is 74.8 Å². The minimum atomic E-state index is 0.00828. The first-order valence-electron chi connectivity index (χ1n) is 8.91. The van der Waals surface area contributed by atoms with E-state index in [0.717, 1.165) is 30.7 Å². The maximum atomic E-state index is 13.2. The number of hydrogen-bond acceptors (Lipinski definition) is 2. The number of aryl methyl sites for hydroxylation is 1. The Bertz CT molecular complexity index is 540. The summed E-state index contributed by atoms with van der Waals surface area (Å²) in [6, 6.07) is 4.41. The third kappa shape index (κ3) is 2.42. The number of thiophene rings is 1. The van der Waals surface area contributed by atoms with Gasteiger partial charge in [0.1, 0.15) is 0 Å². The molecular formula is C19H27NOS. The van der Waals surface area contributed by atoms with Crippen molar-refractivity contribution in [2.45, 2.75) is 58.4 Å². The standard InChI is InChI=1S/C19H27NOS/c1-3-16-4-5-17(22-16)12-20(2)18(21)19-9-13-6-14(10-19)8-15(7-13)11-19/h4-5,13-15H,3,6-12H2,1-2H3. The summed E-state index contributed by atoms with van der Waals surface area (Å²) in [6.45, 7) is 2.99. The van der Waals surface area contributed by atoms with Gasteiger partial charge in [0.25, 0.3) is 0 Å². The minimum absolute atomic E-state index is 0.00828. The van der Waals surface area contributed by atoms with Crippen LogP contribution >= 0.6 is 11.3 Å². The topological polar surface area (TPSA) is 20.3 Å². The van der Waals surface area contributed by atoms with Crippen LogP contribution in [-0.4, -0.2) is 17.9 Å². The molecule has 1 heterocycles. The molecule has 4 saturated carbocycles. The third-order valence-electron chi connectivity index (χ3n) is 6.30. The molecule has 3 heteroatoms. The van der Waals surface area contributed by atoms with Crippen LogP contribution in [0.1, 0.15) is 55.2 Å². The molecule has 1 aromatic rings. The van der Waals surface area contributed by atoms with Crippen LogP contribution in [0, 0.1) is 23.2 Å². The Hall–Kier alpha value is -0.830. The molecule has 4 fully saturated rings. The smallest absolute Gasteiger partial charge is 0.228 e. The van der Waals surface area contributed by atoms with E-state index in [0.29, 0.717) is 5.91 Å². The molecule has 0 aliphatic heterocycles. The van der Waals surface area contributed by atoms with Gasteiger partial charge in [0.05, 0.1) is 12.0 Å². The van der Waals surface area contributed by atoms with Gasteiger partial charge in [-0.25, -0.2) is 0 Å². The first-order chi connectivity index (χ1) is 10.6. The van der Waals surface area contributed by atoms with Crippen LogP contribution in [0.3, 0.4) is 0 Å². The highest BCUT2D eigenvalue weighted by Crippen LogP contribution is 2.60. The number of carbonyl (C=O) groups excluding carboxylic acids is 1. The zero-order valence-corrected chi connectivity index (χ0v) is 14.6. The molecule has 5 rings (SSSR count). The van der Waals surface area contributed by atoms with Gasteiger partial charge in [0.2, 0.25) is 5.91 Å². The summed E-state index contributed by atoms with van der Waals surface area (Å²) in [6.07, 6.45) is 8.83. The highest BCUT2D eigenvalue weighted by atomic mass is 32.1. The van der Waals surface area contributed by atoms with Crippen LogP contribution in [-0.2, 0) is 17.8 Å². The van der Waals surface area contributed by atoms with Crippen molar-refractivity contribution in [1.29, 1.82) is 0 Å². The molecule has 120 valence electrons. The number of amides is 1. The summed E-state index contributed by atoms with van der Waals surface area (Å²) in [4.78, 5) is 18.0. The van der Waals surface area contributed by atoms with Crippen LogP contribution in [0.25, 0.3) is 0 Å². The number of hydrogen-bond donors (Lipinski definition) is 0. The Kier molecular flexibility index (Phi) is 3.60. The highest BCUT2D eigenvalue weighted by Gasteiger charge is 2.55. The Balaban J connectivity index is 1.48. The maximum absolute atomic E-state index is 13.2. The fraction of sp³-hybridized carbons (Fsp3) is 0.737. The molecule has 1 amide bonds. The Morgan fingerprint density at radius 3 is 2.18 bits per heavy atom. The summed E-state index contributed by atoms with van der Waals surface area (Å²) in [5, 5.41) is 0. The Morgan fingerprint density at radius 1 is 1.14 bits per heavy atom. The van der Waals surface area contributed by atoms with Gasteiger partial charge >= 0.3 is 0 Å². The van der Waals surface area contributed by atoms with Crippen molar-refractivity contribution < 1.29 is 4.79 Å². The van der Waals surface area contributed by atoms with Crippen LogP contribution in [0.5, 0.6) is 0 Å². The molecule has 1 aromatic heterocycles. The van der Waals surface area contributed by atoms with E-state index in [4.69, 9.17) is 0 Å². The number of carbonyl (C=O) groups is 1. The average Bonchev–Trinajstić information content (AvgIpc) is 2.92. The predicted molar refractivity (Wildman–Crippen MR) is 90.8 cm³/mol. The van der Waals surface area contributed by atoms with Crippen LogP contribution in [0.15, 0.2) is 12.1 Å². The van der Waals surface area contributed by atoms with E-state index in [1.165, 1.54) is 48.3 Å². The molecule has 0 N–H and O–H groups in total. The molecule has 4 aliphatic rings. The molecule has 4 aliphatic carbocycles. The van der Waals surface area contributed by atoms with Crippen LogP contribution in [0.4, 0.5) is 0 Å². The second-order valence-corrected chi connectivity index (χ2v) is 9.33. The van der Waals surface area contributed by atoms with Gasteiger partial charge in [0, 0.05) is 16.8 Å². The molecule has 0 saturated heterocycles. The van der Waals surface area contributed by atoms with E-state index in [2.05, 4.69) is 19.1 Å². The lowest BCUT2D eigenvalue weighted by atomic mass is 9.49. The van der Waals surface area contributed by atoms with Crippen molar-refractivity contribution >= 4 is 17.2 Å². The highest BCUT2D eigenvalue weighted by molar-refractivity contribution is 7.11. The van der Waals surface area contributed by atoms with Crippen molar-refractivity contribution in [3.8, 4) is 0 Å². The zero-order valence-electron chi connectivity index (χ0n) is 13.8. The first-order valence-corrected chi connectivity index (χ1v) is 9.73. The van der Waals surface area contributed by atoms with Crippen molar-refractivity contribution in [1.82, 2.24) is 4.90 Å². The SMILES string of the molecule is CCc1ccc(CN(C)C(=O)C23CC4CC(CC(C4)C2)C3)s1. The molecule has 0 spiro atoms. The van der Waals surface area contributed by atoms with E-state index >= 15 is 0 Å². The summed E-state index contributed by atoms with van der Waals surface area (Å²) >= 11 is 1.86. The summed E-state index contributed by atoms with van der Waals surface area (Å²) < 4.78 is 0. The zero-order chi connectivity index (χ0) is 15.3. The minimum Gasteiger partial charge on any atom is -0.340 e. The van der Waals surface area contributed by atoms with Crippen LogP contribution in [0.2, 0.25) is 0 Å². The van der Waals surface area contributed by atoms with Crippen molar-refractivity contribution in [3.05, 3.63) is 21.9 Å². The lowest BCUT2D eigenvalue weighted by Crippen LogP contribution is -2.53. The summed E-state index contributed by atoms with van der Waals surface area (Å²) in [5.41, 5.74) is 0.00828. The molecule has 0 atom stereocenters.